The zero-order valence-electron chi connectivity index (χ0n) is 9.85. The fourth-order valence-corrected chi connectivity index (χ4v) is 2.50. The molecule has 0 amide bonds. The van der Waals surface area contributed by atoms with E-state index in [-0.39, 0.29) is 6.42 Å². The van der Waals surface area contributed by atoms with E-state index in [9.17, 15) is 4.79 Å². The Morgan fingerprint density at radius 3 is 2.76 bits per heavy atom. The van der Waals surface area contributed by atoms with Crippen LogP contribution in [0.25, 0.3) is 0 Å². The minimum absolute atomic E-state index is 0.256. The molecular formula is C12H17NO3S. The molecule has 0 spiro atoms. The molecule has 0 radical (unpaired) electrons. The lowest BCUT2D eigenvalue weighted by atomic mass is 10.1. The minimum atomic E-state index is -0.724. The Labute approximate surface area is 105 Å². The molecule has 0 saturated carbocycles. The van der Waals surface area contributed by atoms with E-state index < -0.39 is 5.97 Å². The quantitative estimate of drug-likeness (QED) is 0.340. The largest absolute Gasteiger partial charge is 0.481 e. The van der Waals surface area contributed by atoms with Crippen LogP contribution >= 0.6 is 11.3 Å². The van der Waals surface area contributed by atoms with E-state index in [2.05, 4.69) is 5.16 Å². The first-order valence-electron chi connectivity index (χ1n) is 5.63. The number of aliphatic carboxylic acids is 1. The highest BCUT2D eigenvalue weighted by atomic mass is 32.1. The minimum Gasteiger partial charge on any atom is -0.481 e. The first kappa shape index (κ1) is 13.7. The van der Waals surface area contributed by atoms with Crippen molar-refractivity contribution in [2.24, 2.45) is 5.16 Å². The summed E-state index contributed by atoms with van der Waals surface area (Å²) in [6, 6.07) is 3.98. The van der Waals surface area contributed by atoms with E-state index >= 15 is 0 Å². The molecular weight excluding hydrogens is 238 g/mol. The maximum Gasteiger partial charge on any atom is 0.303 e. The zero-order valence-corrected chi connectivity index (χ0v) is 10.7. The van der Waals surface area contributed by atoms with E-state index in [4.69, 9.17) is 10.3 Å². The lowest BCUT2D eigenvalue weighted by Crippen LogP contribution is -1.93. The second-order valence-corrected chi connectivity index (χ2v) is 5.07. The Hall–Kier alpha value is -1.36. The Morgan fingerprint density at radius 2 is 2.12 bits per heavy atom. The number of carboxylic acids is 1. The Balaban J connectivity index is 2.28. The number of unbranched alkanes of at least 4 members (excludes halogenated alkanes) is 2. The molecule has 1 aromatic heterocycles. The third-order valence-corrected chi connectivity index (χ3v) is 3.74. The lowest BCUT2D eigenvalue weighted by Gasteiger charge is -1.97. The molecule has 4 nitrogen and oxygen atoms in total. The van der Waals surface area contributed by atoms with Gasteiger partial charge in [0.25, 0.3) is 0 Å². The molecule has 1 aromatic rings. The first-order chi connectivity index (χ1) is 8.13. The first-order valence-corrected chi connectivity index (χ1v) is 6.44. The van der Waals surface area contributed by atoms with Crippen LogP contribution in [0.1, 0.15) is 42.4 Å². The van der Waals surface area contributed by atoms with Gasteiger partial charge >= 0.3 is 5.97 Å². The van der Waals surface area contributed by atoms with Crippen molar-refractivity contribution in [3.05, 3.63) is 21.9 Å². The highest BCUT2D eigenvalue weighted by Crippen LogP contribution is 2.19. The van der Waals surface area contributed by atoms with Crippen LogP contribution < -0.4 is 0 Å². The molecule has 2 N–H and O–H groups in total. The van der Waals surface area contributed by atoms with E-state index in [1.54, 1.807) is 18.3 Å². The molecule has 0 aliphatic heterocycles. The van der Waals surface area contributed by atoms with Crippen molar-refractivity contribution in [3.63, 3.8) is 0 Å². The van der Waals surface area contributed by atoms with Gasteiger partial charge < -0.3 is 10.3 Å². The second-order valence-electron chi connectivity index (χ2n) is 3.91. The maximum absolute atomic E-state index is 10.3. The summed E-state index contributed by atoms with van der Waals surface area (Å²) >= 11 is 1.62. The summed E-state index contributed by atoms with van der Waals surface area (Å²) in [5, 5.41) is 20.3. The average Bonchev–Trinajstić information content (AvgIpc) is 2.76. The van der Waals surface area contributed by atoms with Gasteiger partial charge in [-0.05, 0) is 38.3 Å². The number of hydrogen-bond donors (Lipinski definition) is 2. The van der Waals surface area contributed by atoms with Crippen LogP contribution in [-0.2, 0) is 11.2 Å². The van der Waals surface area contributed by atoms with E-state index in [0.717, 1.165) is 30.6 Å². The monoisotopic (exact) mass is 255 g/mol. The van der Waals surface area contributed by atoms with Gasteiger partial charge in [-0.25, -0.2) is 0 Å². The summed E-state index contributed by atoms with van der Waals surface area (Å²) in [6.07, 6.45) is 3.90. The van der Waals surface area contributed by atoms with Crippen LogP contribution in [0.3, 0.4) is 0 Å². The zero-order chi connectivity index (χ0) is 12.7. The number of rotatable bonds is 7. The van der Waals surface area contributed by atoms with E-state index in [1.807, 2.05) is 12.1 Å². The normalized spacial score (nSPS) is 11.7. The molecule has 0 aromatic carbocycles. The number of carboxylic acid groups (broad SMARTS) is 1. The molecule has 0 unspecified atom stereocenters. The third-order valence-electron chi connectivity index (χ3n) is 2.48. The molecule has 0 aliphatic rings. The van der Waals surface area contributed by atoms with Crippen molar-refractivity contribution in [1.82, 2.24) is 0 Å². The summed E-state index contributed by atoms with van der Waals surface area (Å²) in [5.41, 5.74) is 0.632. The van der Waals surface area contributed by atoms with Crippen LogP contribution in [0.15, 0.2) is 17.3 Å². The third kappa shape index (κ3) is 4.99. The Bertz CT molecular complexity index is 398. The van der Waals surface area contributed by atoms with Gasteiger partial charge in [-0.3, -0.25) is 4.79 Å². The molecule has 0 saturated heterocycles. The standard InChI is InChI=1S/C12H17NO3S/c1-9(13-16)11-8-7-10(17-11)5-3-2-4-6-12(14)15/h7-8,16H,2-6H2,1H3,(H,14,15). The number of oxime groups is 1. The Morgan fingerprint density at radius 1 is 1.35 bits per heavy atom. The van der Waals surface area contributed by atoms with Gasteiger partial charge in [0, 0.05) is 11.3 Å². The number of thiophene rings is 1. The average molecular weight is 255 g/mol. The number of aryl methyl sites for hydroxylation is 1. The molecule has 0 fully saturated rings. The predicted octanol–water partition coefficient (Wildman–Crippen LogP) is 3.13. The van der Waals surface area contributed by atoms with Gasteiger partial charge in [-0.2, -0.15) is 0 Å². The predicted molar refractivity (Wildman–Crippen MR) is 68.1 cm³/mol. The lowest BCUT2D eigenvalue weighted by molar-refractivity contribution is -0.137. The van der Waals surface area contributed by atoms with Crippen LogP contribution in [-0.4, -0.2) is 22.0 Å². The second kappa shape index (κ2) is 7.06. The molecule has 0 atom stereocenters. The highest BCUT2D eigenvalue weighted by molar-refractivity contribution is 7.14. The van der Waals surface area contributed by atoms with Gasteiger partial charge in [0.05, 0.1) is 10.6 Å². The van der Waals surface area contributed by atoms with Crippen molar-refractivity contribution in [3.8, 4) is 0 Å². The maximum atomic E-state index is 10.3. The van der Waals surface area contributed by atoms with Gasteiger partial charge in [0.2, 0.25) is 0 Å². The summed E-state index contributed by atoms with van der Waals surface area (Å²) in [7, 11) is 0. The Kier molecular flexibility index (Phi) is 5.69. The summed E-state index contributed by atoms with van der Waals surface area (Å²) in [5.74, 6) is -0.724. The molecule has 1 rings (SSSR count). The smallest absolute Gasteiger partial charge is 0.303 e. The van der Waals surface area contributed by atoms with Crippen LogP contribution in [0, 0.1) is 0 Å². The van der Waals surface area contributed by atoms with Crippen LogP contribution in [0.2, 0.25) is 0 Å². The number of carbonyl (C=O) groups is 1. The topological polar surface area (TPSA) is 69.9 Å². The molecule has 5 heteroatoms. The van der Waals surface area contributed by atoms with E-state index in [0.29, 0.717) is 5.71 Å². The van der Waals surface area contributed by atoms with Crippen LogP contribution in [0.5, 0.6) is 0 Å². The molecule has 0 aliphatic carbocycles. The molecule has 0 bridgehead atoms. The van der Waals surface area contributed by atoms with Gasteiger partial charge in [0.15, 0.2) is 0 Å². The van der Waals surface area contributed by atoms with Gasteiger partial charge in [-0.1, -0.05) is 11.6 Å². The molecule has 94 valence electrons. The van der Waals surface area contributed by atoms with Crippen molar-refractivity contribution in [2.45, 2.75) is 39.0 Å². The number of hydrogen-bond acceptors (Lipinski definition) is 4. The van der Waals surface area contributed by atoms with Crippen LogP contribution in [0.4, 0.5) is 0 Å². The SMILES string of the molecule is CC(=NO)c1ccc(CCCCCC(=O)O)s1. The number of nitrogens with zero attached hydrogens (tertiary/aromatic N) is 1. The van der Waals surface area contributed by atoms with Crippen molar-refractivity contribution >= 4 is 23.0 Å². The summed E-state index contributed by atoms with van der Waals surface area (Å²) in [6.45, 7) is 1.77. The summed E-state index contributed by atoms with van der Waals surface area (Å²) in [4.78, 5) is 12.5. The molecule has 1 heterocycles. The van der Waals surface area contributed by atoms with E-state index in [1.165, 1.54) is 4.88 Å². The highest BCUT2D eigenvalue weighted by Gasteiger charge is 2.03. The van der Waals surface area contributed by atoms with Crippen molar-refractivity contribution < 1.29 is 15.1 Å². The fourth-order valence-electron chi connectivity index (χ4n) is 1.51. The van der Waals surface area contributed by atoms with Crippen molar-refractivity contribution in [1.29, 1.82) is 0 Å². The van der Waals surface area contributed by atoms with Gasteiger partial charge in [-0.15, -0.1) is 11.3 Å². The molecule has 17 heavy (non-hydrogen) atoms. The summed E-state index contributed by atoms with van der Waals surface area (Å²) < 4.78 is 0. The van der Waals surface area contributed by atoms with Crippen molar-refractivity contribution in [2.75, 3.05) is 0 Å². The van der Waals surface area contributed by atoms with Gasteiger partial charge in [0.1, 0.15) is 0 Å². The fraction of sp³-hybridized carbons (Fsp3) is 0.500.